The van der Waals surface area contributed by atoms with Crippen molar-refractivity contribution in [2.45, 2.75) is 71.3 Å². The zero-order valence-corrected chi connectivity index (χ0v) is 13.0. The van der Waals surface area contributed by atoms with Crippen LogP contribution in [0.5, 0.6) is 0 Å². The van der Waals surface area contributed by atoms with E-state index in [2.05, 4.69) is 19.2 Å². The molecule has 0 heterocycles. The second-order valence-corrected chi connectivity index (χ2v) is 5.29. The van der Waals surface area contributed by atoms with Crippen LogP contribution in [0.3, 0.4) is 0 Å². The van der Waals surface area contributed by atoms with Gasteiger partial charge < -0.3 is 15.8 Å². The van der Waals surface area contributed by atoms with Gasteiger partial charge in [0.2, 0.25) is 5.91 Å². The van der Waals surface area contributed by atoms with E-state index >= 15 is 0 Å². The molecule has 0 rings (SSSR count). The lowest BCUT2D eigenvalue weighted by Gasteiger charge is -2.28. The maximum Gasteiger partial charge on any atom is 0.219 e. The van der Waals surface area contributed by atoms with Crippen LogP contribution >= 0.6 is 0 Å². The van der Waals surface area contributed by atoms with Crippen molar-refractivity contribution in [1.29, 1.82) is 0 Å². The minimum Gasteiger partial charge on any atom is -0.376 e. The summed E-state index contributed by atoms with van der Waals surface area (Å²) in [5.41, 5.74) is 5.37. The van der Waals surface area contributed by atoms with Crippen molar-refractivity contribution in [1.82, 2.24) is 5.32 Å². The van der Waals surface area contributed by atoms with Gasteiger partial charge in [0, 0.05) is 19.6 Å². The Bertz CT molecular complexity index is 234. The summed E-state index contributed by atoms with van der Waals surface area (Å²) in [6.45, 7) is 8.53. The first-order valence-electron chi connectivity index (χ1n) is 7.68. The smallest absolute Gasteiger partial charge is 0.219 e. The van der Waals surface area contributed by atoms with Gasteiger partial charge in [-0.15, -0.1) is 0 Å². The van der Waals surface area contributed by atoms with Gasteiger partial charge in [0.25, 0.3) is 0 Å². The fourth-order valence-corrected chi connectivity index (χ4v) is 2.08. The van der Waals surface area contributed by atoms with E-state index in [0.29, 0.717) is 13.0 Å². The number of nitrogens with two attached hydrogens (primary N) is 1. The quantitative estimate of drug-likeness (QED) is 0.537. The number of hydrogen-bond donors (Lipinski definition) is 2. The molecule has 0 aromatic carbocycles. The number of hydrogen-bond acceptors (Lipinski definition) is 3. The molecule has 0 aromatic heterocycles. The predicted molar refractivity (Wildman–Crippen MR) is 80.1 cm³/mol. The number of carbonyl (C=O) groups excluding carboxylic acids is 1. The van der Waals surface area contributed by atoms with Crippen molar-refractivity contribution in [3.8, 4) is 0 Å². The first-order chi connectivity index (χ1) is 9.08. The first kappa shape index (κ1) is 18.4. The minimum absolute atomic E-state index is 0.0411. The van der Waals surface area contributed by atoms with Crippen LogP contribution in [0.25, 0.3) is 0 Å². The van der Waals surface area contributed by atoms with Crippen molar-refractivity contribution in [3.63, 3.8) is 0 Å². The number of rotatable bonds is 12. The summed E-state index contributed by atoms with van der Waals surface area (Å²) in [6, 6.07) is 0. The standard InChI is InChI=1S/C15H32N2O2/c1-4-15(3,19-5-2)11-9-13-17-14(18)10-7-6-8-12-16/h4-13,16H2,1-3H3,(H,17,18). The van der Waals surface area contributed by atoms with Crippen molar-refractivity contribution in [2.24, 2.45) is 5.73 Å². The van der Waals surface area contributed by atoms with Gasteiger partial charge in [-0.1, -0.05) is 13.3 Å². The zero-order valence-electron chi connectivity index (χ0n) is 13.0. The Kier molecular flexibility index (Phi) is 10.9. The van der Waals surface area contributed by atoms with Gasteiger partial charge in [0.15, 0.2) is 0 Å². The zero-order chi connectivity index (χ0) is 14.6. The van der Waals surface area contributed by atoms with Crippen LogP contribution in [0.1, 0.15) is 65.7 Å². The molecule has 0 aliphatic heterocycles. The normalized spacial score (nSPS) is 14.1. The second kappa shape index (κ2) is 11.2. The van der Waals surface area contributed by atoms with Crippen LogP contribution in [0.15, 0.2) is 0 Å². The van der Waals surface area contributed by atoms with Gasteiger partial charge in [-0.25, -0.2) is 0 Å². The molecule has 4 nitrogen and oxygen atoms in total. The Morgan fingerprint density at radius 1 is 1.21 bits per heavy atom. The maximum atomic E-state index is 11.6. The summed E-state index contributed by atoms with van der Waals surface area (Å²) < 4.78 is 5.75. The van der Waals surface area contributed by atoms with E-state index in [9.17, 15) is 4.79 Å². The molecule has 114 valence electrons. The second-order valence-electron chi connectivity index (χ2n) is 5.29. The molecule has 1 atom stereocenters. The van der Waals surface area contributed by atoms with E-state index < -0.39 is 0 Å². The Morgan fingerprint density at radius 3 is 2.53 bits per heavy atom. The molecule has 0 saturated heterocycles. The van der Waals surface area contributed by atoms with E-state index in [0.717, 1.165) is 51.7 Å². The fraction of sp³-hybridized carbons (Fsp3) is 0.933. The van der Waals surface area contributed by atoms with Gasteiger partial charge in [-0.2, -0.15) is 0 Å². The summed E-state index contributed by atoms with van der Waals surface area (Å²) in [4.78, 5) is 11.6. The van der Waals surface area contributed by atoms with Crippen LogP contribution in [-0.2, 0) is 9.53 Å². The molecule has 0 bridgehead atoms. The van der Waals surface area contributed by atoms with Crippen LogP contribution in [0.4, 0.5) is 0 Å². The molecule has 1 amide bonds. The number of carbonyl (C=O) groups is 1. The van der Waals surface area contributed by atoms with E-state index in [1.165, 1.54) is 0 Å². The van der Waals surface area contributed by atoms with Gasteiger partial charge in [0.1, 0.15) is 0 Å². The Morgan fingerprint density at radius 2 is 1.95 bits per heavy atom. The highest BCUT2D eigenvalue weighted by Crippen LogP contribution is 2.21. The largest absolute Gasteiger partial charge is 0.376 e. The highest BCUT2D eigenvalue weighted by atomic mass is 16.5. The summed E-state index contributed by atoms with van der Waals surface area (Å²) in [5.74, 6) is 0.159. The summed E-state index contributed by atoms with van der Waals surface area (Å²) in [5, 5.41) is 2.97. The van der Waals surface area contributed by atoms with Crippen LogP contribution in [0.2, 0.25) is 0 Å². The van der Waals surface area contributed by atoms with Gasteiger partial charge in [0.05, 0.1) is 5.60 Å². The maximum absolute atomic E-state index is 11.6. The van der Waals surface area contributed by atoms with E-state index in [1.54, 1.807) is 0 Å². The average Bonchev–Trinajstić information content (AvgIpc) is 2.40. The summed E-state index contributed by atoms with van der Waals surface area (Å²) in [7, 11) is 0. The topological polar surface area (TPSA) is 64.3 Å². The third-order valence-electron chi connectivity index (χ3n) is 3.55. The van der Waals surface area contributed by atoms with Crippen LogP contribution in [0, 0.1) is 0 Å². The third kappa shape index (κ3) is 9.91. The molecule has 1 unspecified atom stereocenters. The van der Waals surface area contributed by atoms with Crippen LogP contribution < -0.4 is 11.1 Å². The Labute approximate surface area is 118 Å². The number of amides is 1. The minimum atomic E-state index is -0.0411. The molecule has 0 spiro atoms. The molecule has 0 saturated carbocycles. The molecular weight excluding hydrogens is 240 g/mol. The Hall–Kier alpha value is -0.610. The molecule has 0 radical (unpaired) electrons. The number of nitrogens with one attached hydrogen (secondary N) is 1. The van der Waals surface area contributed by atoms with Crippen LogP contribution in [-0.4, -0.2) is 31.2 Å². The SMILES string of the molecule is CCOC(C)(CC)CCCNC(=O)CCCCCN. The van der Waals surface area contributed by atoms with Gasteiger partial charge in [-0.3, -0.25) is 4.79 Å². The number of unbranched alkanes of at least 4 members (excludes halogenated alkanes) is 2. The number of ether oxygens (including phenoxy) is 1. The van der Waals surface area contributed by atoms with E-state index in [1.807, 2.05) is 6.92 Å². The first-order valence-corrected chi connectivity index (χ1v) is 7.68. The Balaban J connectivity index is 3.59. The molecule has 4 heteroatoms. The third-order valence-corrected chi connectivity index (χ3v) is 3.55. The van der Waals surface area contributed by atoms with Gasteiger partial charge in [-0.05, 0) is 52.5 Å². The molecular formula is C15H32N2O2. The molecule has 19 heavy (non-hydrogen) atoms. The summed E-state index contributed by atoms with van der Waals surface area (Å²) >= 11 is 0. The molecule has 0 aromatic rings. The van der Waals surface area contributed by atoms with E-state index in [4.69, 9.17) is 10.5 Å². The molecule has 0 aliphatic carbocycles. The van der Waals surface area contributed by atoms with Crippen molar-refractivity contribution in [3.05, 3.63) is 0 Å². The molecule has 3 N–H and O–H groups in total. The fourth-order valence-electron chi connectivity index (χ4n) is 2.08. The van der Waals surface area contributed by atoms with Gasteiger partial charge >= 0.3 is 0 Å². The lowest BCUT2D eigenvalue weighted by atomic mass is 9.97. The molecule has 0 fully saturated rings. The molecule has 0 aliphatic rings. The highest BCUT2D eigenvalue weighted by molar-refractivity contribution is 5.75. The highest BCUT2D eigenvalue weighted by Gasteiger charge is 2.21. The van der Waals surface area contributed by atoms with Crippen molar-refractivity contribution in [2.75, 3.05) is 19.7 Å². The van der Waals surface area contributed by atoms with Crippen molar-refractivity contribution >= 4 is 5.91 Å². The lowest BCUT2D eigenvalue weighted by molar-refractivity contribution is -0.121. The summed E-state index contributed by atoms with van der Waals surface area (Å²) in [6.07, 6.45) is 6.58. The van der Waals surface area contributed by atoms with Crippen molar-refractivity contribution < 1.29 is 9.53 Å². The predicted octanol–water partition coefficient (Wildman–Crippen LogP) is 2.61. The monoisotopic (exact) mass is 272 g/mol. The average molecular weight is 272 g/mol. The van der Waals surface area contributed by atoms with E-state index in [-0.39, 0.29) is 11.5 Å². The lowest BCUT2D eigenvalue weighted by Crippen LogP contribution is -2.30.